The monoisotopic (exact) mass is 259 g/mol. The molecule has 1 N–H and O–H groups in total. The molecular weight excluding hydrogens is 238 g/mol. The van der Waals surface area contributed by atoms with Crippen LogP contribution in [-0.2, 0) is 10.2 Å². The van der Waals surface area contributed by atoms with Crippen molar-refractivity contribution in [2.75, 3.05) is 19.7 Å². The zero-order valence-electron chi connectivity index (χ0n) is 11.2. The van der Waals surface area contributed by atoms with Crippen LogP contribution < -0.4 is 0 Å². The van der Waals surface area contributed by atoms with Gasteiger partial charge in [0.25, 0.3) is 0 Å². The SMILES string of the molecule is O=C(N1CCCC(CO)C1)C1(c2ccccc2)CC1. The second-order valence-electron chi connectivity index (χ2n) is 5.89. The van der Waals surface area contributed by atoms with Crippen LogP contribution in [0.15, 0.2) is 30.3 Å². The lowest BCUT2D eigenvalue weighted by molar-refractivity contribution is -0.136. The molecular formula is C16H21NO2. The van der Waals surface area contributed by atoms with Gasteiger partial charge in [0.05, 0.1) is 5.41 Å². The number of amides is 1. The van der Waals surface area contributed by atoms with Gasteiger partial charge < -0.3 is 10.0 Å². The zero-order chi connectivity index (χ0) is 13.3. The first-order valence-electron chi connectivity index (χ1n) is 7.22. The molecule has 3 rings (SSSR count). The molecule has 2 fully saturated rings. The van der Waals surface area contributed by atoms with E-state index in [1.807, 2.05) is 23.1 Å². The third-order valence-electron chi connectivity index (χ3n) is 4.55. The summed E-state index contributed by atoms with van der Waals surface area (Å²) in [5.41, 5.74) is 0.907. The first kappa shape index (κ1) is 12.7. The van der Waals surface area contributed by atoms with Crippen molar-refractivity contribution in [3.8, 4) is 0 Å². The summed E-state index contributed by atoms with van der Waals surface area (Å²) in [4.78, 5) is 14.8. The minimum Gasteiger partial charge on any atom is -0.396 e. The Hall–Kier alpha value is -1.35. The molecule has 3 heteroatoms. The van der Waals surface area contributed by atoms with Crippen molar-refractivity contribution < 1.29 is 9.90 Å². The molecule has 1 aliphatic heterocycles. The van der Waals surface area contributed by atoms with E-state index in [1.54, 1.807) is 0 Å². The molecule has 1 aromatic carbocycles. The van der Waals surface area contributed by atoms with E-state index in [4.69, 9.17) is 0 Å². The molecule has 102 valence electrons. The van der Waals surface area contributed by atoms with Crippen LogP contribution in [-0.4, -0.2) is 35.6 Å². The summed E-state index contributed by atoms with van der Waals surface area (Å²) in [5.74, 6) is 0.543. The van der Waals surface area contributed by atoms with Gasteiger partial charge in [-0.25, -0.2) is 0 Å². The van der Waals surface area contributed by atoms with Gasteiger partial charge in [-0.1, -0.05) is 30.3 Å². The summed E-state index contributed by atoms with van der Waals surface area (Å²) in [6.07, 6.45) is 3.99. The number of aliphatic hydroxyl groups excluding tert-OH is 1. The average molecular weight is 259 g/mol. The van der Waals surface area contributed by atoms with E-state index in [-0.39, 0.29) is 23.8 Å². The Morgan fingerprint density at radius 2 is 2.05 bits per heavy atom. The lowest BCUT2D eigenvalue weighted by atomic mass is 9.91. The Labute approximate surface area is 114 Å². The number of benzene rings is 1. The highest BCUT2D eigenvalue weighted by molar-refractivity contribution is 5.91. The molecule has 1 atom stereocenters. The fourth-order valence-corrected chi connectivity index (χ4v) is 3.21. The number of carbonyl (C=O) groups is 1. The summed E-state index contributed by atoms with van der Waals surface area (Å²) < 4.78 is 0. The van der Waals surface area contributed by atoms with Gasteiger partial charge in [0.2, 0.25) is 5.91 Å². The Balaban J connectivity index is 1.77. The Morgan fingerprint density at radius 3 is 2.68 bits per heavy atom. The van der Waals surface area contributed by atoms with E-state index >= 15 is 0 Å². The second kappa shape index (κ2) is 4.97. The number of piperidine rings is 1. The van der Waals surface area contributed by atoms with E-state index in [0.29, 0.717) is 0 Å². The number of hydrogen-bond acceptors (Lipinski definition) is 2. The molecule has 3 nitrogen and oxygen atoms in total. The number of likely N-dealkylation sites (tertiary alicyclic amines) is 1. The third-order valence-corrected chi connectivity index (χ3v) is 4.55. The van der Waals surface area contributed by atoms with E-state index in [9.17, 15) is 9.90 Å². The number of aliphatic hydroxyl groups is 1. The normalized spacial score (nSPS) is 25.1. The molecule has 0 spiro atoms. The van der Waals surface area contributed by atoms with Crippen molar-refractivity contribution >= 4 is 5.91 Å². The summed E-state index contributed by atoms with van der Waals surface area (Å²) in [6.45, 7) is 1.77. The smallest absolute Gasteiger partial charge is 0.233 e. The largest absolute Gasteiger partial charge is 0.396 e. The number of rotatable bonds is 3. The second-order valence-corrected chi connectivity index (χ2v) is 5.89. The van der Waals surface area contributed by atoms with Crippen LogP contribution in [0.5, 0.6) is 0 Å². The molecule has 2 aliphatic rings. The molecule has 1 unspecified atom stereocenters. The fraction of sp³-hybridized carbons (Fsp3) is 0.562. The molecule has 1 saturated carbocycles. The number of nitrogens with zero attached hydrogens (tertiary/aromatic N) is 1. The van der Waals surface area contributed by atoms with E-state index in [1.165, 1.54) is 0 Å². The van der Waals surface area contributed by atoms with Crippen LogP contribution in [0.1, 0.15) is 31.2 Å². The van der Waals surface area contributed by atoms with Crippen LogP contribution >= 0.6 is 0 Å². The van der Waals surface area contributed by atoms with Crippen LogP contribution in [0.3, 0.4) is 0 Å². The van der Waals surface area contributed by atoms with Crippen LogP contribution in [0.4, 0.5) is 0 Å². The van der Waals surface area contributed by atoms with Gasteiger partial charge in [-0.3, -0.25) is 4.79 Å². The van der Waals surface area contributed by atoms with Crippen molar-refractivity contribution in [3.05, 3.63) is 35.9 Å². The Kier molecular flexibility index (Phi) is 3.31. The first-order chi connectivity index (χ1) is 9.26. The molecule has 19 heavy (non-hydrogen) atoms. The van der Waals surface area contributed by atoms with Crippen molar-refractivity contribution in [3.63, 3.8) is 0 Å². The highest BCUT2D eigenvalue weighted by Crippen LogP contribution is 2.49. The van der Waals surface area contributed by atoms with Gasteiger partial charge in [0.1, 0.15) is 0 Å². The maximum absolute atomic E-state index is 12.8. The minimum atomic E-state index is -0.251. The lowest BCUT2D eigenvalue weighted by Gasteiger charge is -2.34. The summed E-state index contributed by atoms with van der Waals surface area (Å²) in [7, 11) is 0. The quantitative estimate of drug-likeness (QED) is 0.901. The topological polar surface area (TPSA) is 40.5 Å². The minimum absolute atomic E-state index is 0.197. The van der Waals surface area contributed by atoms with Crippen LogP contribution in [0.25, 0.3) is 0 Å². The van der Waals surface area contributed by atoms with E-state index < -0.39 is 0 Å². The summed E-state index contributed by atoms with van der Waals surface area (Å²) in [5, 5.41) is 9.29. The summed E-state index contributed by atoms with van der Waals surface area (Å²) >= 11 is 0. The standard InChI is InChI=1S/C16H21NO2/c18-12-13-5-4-10-17(11-13)15(19)16(8-9-16)14-6-2-1-3-7-14/h1-3,6-7,13,18H,4-5,8-12H2. The van der Waals surface area contributed by atoms with Gasteiger partial charge in [-0.15, -0.1) is 0 Å². The lowest BCUT2D eigenvalue weighted by Crippen LogP contribution is -2.45. The number of carbonyl (C=O) groups excluding carboxylic acids is 1. The molecule has 1 saturated heterocycles. The zero-order valence-corrected chi connectivity index (χ0v) is 11.2. The molecule has 0 radical (unpaired) electrons. The van der Waals surface area contributed by atoms with Gasteiger partial charge in [-0.05, 0) is 37.2 Å². The van der Waals surface area contributed by atoms with Crippen molar-refractivity contribution in [1.82, 2.24) is 4.90 Å². The maximum Gasteiger partial charge on any atom is 0.233 e. The third kappa shape index (κ3) is 2.27. The fourth-order valence-electron chi connectivity index (χ4n) is 3.21. The molecule has 1 heterocycles. The molecule has 1 aliphatic carbocycles. The molecule has 0 bridgehead atoms. The van der Waals surface area contributed by atoms with Crippen molar-refractivity contribution in [2.45, 2.75) is 31.1 Å². The predicted octanol–water partition coefficient (Wildman–Crippen LogP) is 1.95. The van der Waals surface area contributed by atoms with Crippen LogP contribution in [0, 0.1) is 5.92 Å². The average Bonchev–Trinajstić information content (AvgIpc) is 3.29. The van der Waals surface area contributed by atoms with Gasteiger partial charge >= 0.3 is 0 Å². The van der Waals surface area contributed by atoms with Crippen molar-refractivity contribution in [1.29, 1.82) is 0 Å². The number of hydrogen-bond donors (Lipinski definition) is 1. The molecule has 0 aromatic heterocycles. The first-order valence-corrected chi connectivity index (χ1v) is 7.22. The van der Waals surface area contributed by atoms with Gasteiger partial charge in [0, 0.05) is 19.7 Å². The predicted molar refractivity (Wildman–Crippen MR) is 73.7 cm³/mol. The Morgan fingerprint density at radius 1 is 1.32 bits per heavy atom. The van der Waals surface area contributed by atoms with Gasteiger partial charge in [-0.2, -0.15) is 0 Å². The van der Waals surface area contributed by atoms with Gasteiger partial charge in [0.15, 0.2) is 0 Å². The molecule has 1 amide bonds. The highest BCUT2D eigenvalue weighted by atomic mass is 16.3. The Bertz CT molecular complexity index is 453. The van der Waals surface area contributed by atoms with Crippen molar-refractivity contribution in [2.24, 2.45) is 5.92 Å². The van der Waals surface area contributed by atoms with E-state index in [2.05, 4.69) is 12.1 Å². The van der Waals surface area contributed by atoms with Crippen LogP contribution in [0.2, 0.25) is 0 Å². The van der Waals surface area contributed by atoms with E-state index in [0.717, 1.165) is 44.3 Å². The highest BCUT2D eigenvalue weighted by Gasteiger charge is 2.53. The summed E-state index contributed by atoms with van der Waals surface area (Å²) in [6, 6.07) is 10.1. The maximum atomic E-state index is 12.8. The molecule has 1 aromatic rings.